The van der Waals surface area contributed by atoms with Crippen LogP contribution in [0.2, 0.25) is 0 Å². The molecule has 3 rings (SSSR count). The van der Waals surface area contributed by atoms with Crippen molar-refractivity contribution in [3.63, 3.8) is 0 Å². The van der Waals surface area contributed by atoms with E-state index in [0.717, 1.165) is 15.8 Å². The molecule has 0 saturated heterocycles. The first-order valence-corrected chi connectivity index (χ1v) is 8.25. The molecule has 0 spiro atoms. The topological polar surface area (TPSA) is 88.8 Å². The highest BCUT2D eigenvalue weighted by Gasteiger charge is 2.12. The van der Waals surface area contributed by atoms with Crippen molar-refractivity contribution in [3.05, 3.63) is 64.9 Å². The number of nitrogens with one attached hydrogen (secondary N) is 2. The van der Waals surface area contributed by atoms with E-state index >= 15 is 0 Å². The molecule has 0 amide bonds. The molecule has 0 aliphatic carbocycles. The van der Waals surface area contributed by atoms with Gasteiger partial charge in [-0.05, 0) is 43.3 Å². The average Bonchev–Trinajstić information content (AvgIpc) is 2.57. The summed E-state index contributed by atoms with van der Waals surface area (Å²) in [6, 6.07) is 17.5. The van der Waals surface area contributed by atoms with Crippen LogP contribution in [0.1, 0.15) is 18.8 Å². The largest absolute Gasteiger partial charge is 0.375 e. The van der Waals surface area contributed by atoms with Gasteiger partial charge in [-0.25, -0.2) is 0 Å². The van der Waals surface area contributed by atoms with E-state index < -0.39 is 0 Å². The van der Waals surface area contributed by atoms with E-state index in [0.29, 0.717) is 11.8 Å². The molecule has 2 aromatic carbocycles. The maximum atomic E-state index is 5.83. The van der Waals surface area contributed by atoms with Crippen molar-refractivity contribution in [1.29, 1.82) is 0 Å². The van der Waals surface area contributed by atoms with Crippen LogP contribution in [-0.2, 0) is 0 Å². The third-order valence-electron chi connectivity index (χ3n) is 3.31. The molecule has 0 radical (unpaired) electrons. The second-order valence-electron chi connectivity index (χ2n) is 5.24. The highest BCUT2D eigenvalue weighted by molar-refractivity contribution is 9.10. The van der Waals surface area contributed by atoms with Gasteiger partial charge in [0.15, 0.2) is 5.82 Å². The number of halogens is 1. The number of benzene rings is 2. The maximum absolute atomic E-state index is 5.83. The summed E-state index contributed by atoms with van der Waals surface area (Å²) >= 11 is 3.42. The highest BCUT2D eigenvalue weighted by Crippen LogP contribution is 2.21. The van der Waals surface area contributed by atoms with Crippen LogP contribution in [0.4, 0.5) is 23.3 Å². The first kappa shape index (κ1) is 16.2. The zero-order valence-electron chi connectivity index (χ0n) is 13.1. The Morgan fingerprint density at radius 1 is 0.917 bits per heavy atom. The second kappa shape index (κ2) is 7.27. The Balaban J connectivity index is 1.78. The van der Waals surface area contributed by atoms with E-state index in [1.807, 2.05) is 61.5 Å². The van der Waals surface area contributed by atoms with Crippen molar-refractivity contribution in [2.75, 3.05) is 16.4 Å². The lowest BCUT2D eigenvalue weighted by molar-refractivity contribution is 0.781. The van der Waals surface area contributed by atoms with Crippen molar-refractivity contribution in [2.24, 2.45) is 0 Å². The first-order chi connectivity index (χ1) is 11.6. The molecule has 0 aliphatic heterocycles. The number of hydrogen-bond donors (Lipinski definition) is 3. The van der Waals surface area contributed by atoms with Gasteiger partial charge in [0.2, 0.25) is 11.9 Å². The Labute approximate surface area is 148 Å². The Kier molecular flexibility index (Phi) is 4.90. The highest BCUT2D eigenvalue weighted by atomic mass is 79.9. The zero-order chi connectivity index (χ0) is 16.9. The molecule has 6 nitrogen and oxygen atoms in total. The van der Waals surface area contributed by atoms with E-state index in [-0.39, 0.29) is 12.0 Å². The van der Waals surface area contributed by atoms with Crippen LogP contribution in [0.3, 0.4) is 0 Å². The SMILES string of the molecule is C[C@@H](Nc1ccc(Br)cc1)c1nc(N)nc(Nc2ccccc2)n1. The molecule has 7 heteroatoms. The summed E-state index contributed by atoms with van der Waals surface area (Å²) in [5, 5.41) is 6.48. The van der Waals surface area contributed by atoms with Crippen LogP contribution >= 0.6 is 15.9 Å². The Bertz CT molecular complexity index is 807. The fourth-order valence-electron chi connectivity index (χ4n) is 2.17. The summed E-state index contributed by atoms with van der Waals surface area (Å²) in [5.41, 5.74) is 7.69. The molecular formula is C17H17BrN6. The number of nitrogens with zero attached hydrogens (tertiary/aromatic N) is 3. The predicted octanol–water partition coefficient (Wildman–Crippen LogP) is 4.13. The summed E-state index contributed by atoms with van der Waals surface area (Å²) in [6.45, 7) is 1.98. The van der Waals surface area contributed by atoms with Gasteiger partial charge in [-0.3, -0.25) is 0 Å². The molecule has 1 aromatic heterocycles. The van der Waals surface area contributed by atoms with Crippen LogP contribution in [0.15, 0.2) is 59.1 Å². The standard InChI is InChI=1S/C17H17BrN6/c1-11(20-14-9-7-12(18)8-10-14)15-22-16(19)24-17(23-15)21-13-5-3-2-4-6-13/h2-11,20H,1H3,(H3,19,21,22,23,24)/t11-/m1/s1. The predicted molar refractivity (Wildman–Crippen MR) is 100 cm³/mol. The van der Waals surface area contributed by atoms with Gasteiger partial charge in [0, 0.05) is 15.8 Å². The number of hydrogen-bond acceptors (Lipinski definition) is 6. The summed E-state index contributed by atoms with van der Waals surface area (Å²) < 4.78 is 1.03. The molecule has 3 aromatic rings. The van der Waals surface area contributed by atoms with Crippen LogP contribution < -0.4 is 16.4 Å². The van der Waals surface area contributed by atoms with Crippen LogP contribution in [0.5, 0.6) is 0 Å². The number of aromatic nitrogens is 3. The van der Waals surface area contributed by atoms with E-state index in [9.17, 15) is 0 Å². The van der Waals surface area contributed by atoms with Crippen LogP contribution in [-0.4, -0.2) is 15.0 Å². The third kappa shape index (κ3) is 4.20. The molecule has 0 aliphatic rings. The molecule has 4 N–H and O–H groups in total. The quantitative estimate of drug-likeness (QED) is 0.612. The van der Waals surface area contributed by atoms with Crippen molar-refractivity contribution >= 4 is 39.2 Å². The molecule has 122 valence electrons. The smallest absolute Gasteiger partial charge is 0.232 e. The minimum absolute atomic E-state index is 0.118. The van der Waals surface area contributed by atoms with Gasteiger partial charge in [0.25, 0.3) is 0 Å². The lowest BCUT2D eigenvalue weighted by Gasteiger charge is -2.15. The normalized spacial score (nSPS) is 11.8. The number of rotatable bonds is 5. The van der Waals surface area contributed by atoms with Crippen molar-refractivity contribution < 1.29 is 0 Å². The molecule has 0 unspecified atom stereocenters. The lowest BCUT2D eigenvalue weighted by atomic mass is 10.2. The van der Waals surface area contributed by atoms with Crippen molar-refractivity contribution in [1.82, 2.24) is 15.0 Å². The van der Waals surface area contributed by atoms with Gasteiger partial charge < -0.3 is 16.4 Å². The summed E-state index contributed by atoms with van der Waals surface area (Å²) in [5.74, 6) is 1.18. The van der Waals surface area contributed by atoms with Crippen molar-refractivity contribution in [3.8, 4) is 0 Å². The van der Waals surface area contributed by atoms with Gasteiger partial charge in [0.05, 0.1) is 6.04 Å². The van der Waals surface area contributed by atoms with E-state index in [1.165, 1.54) is 0 Å². The minimum atomic E-state index is -0.118. The molecule has 0 saturated carbocycles. The maximum Gasteiger partial charge on any atom is 0.232 e. The summed E-state index contributed by atoms with van der Waals surface area (Å²) in [4.78, 5) is 12.8. The van der Waals surface area contributed by atoms with Gasteiger partial charge >= 0.3 is 0 Å². The number of nitrogens with two attached hydrogens (primary N) is 1. The fraction of sp³-hybridized carbons (Fsp3) is 0.118. The lowest BCUT2D eigenvalue weighted by Crippen LogP contribution is -2.14. The minimum Gasteiger partial charge on any atom is -0.375 e. The number of anilines is 4. The Morgan fingerprint density at radius 2 is 1.62 bits per heavy atom. The monoisotopic (exact) mass is 384 g/mol. The van der Waals surface area contributed by atoms with E-state index in [1.54, 1.807) is 0 Å². The molecule has 1 heterocycles. The molecule has 0 bridgehead atoms. The molecule has 1 atom stereocenters. The van der Waals surface area contributed by atoms with Gasteiger partial charge in [-0.2, -0.15) is 15.0 Å². The number of nitrogen functional groups attached to an aromatic ring is 1. The Morgan fingerprint density at radius 3 is 2.33 bits per heavy atom. The van der Waals surface area contributed by atoms with Gasteiger partial charge in [-0.15, -0.1) is 0 Å². The number of para-hydroxylation sites is 1. The molecule has 0 fully saturated rings. The molecular weight excluding hydrogens is 368 g/mol. The summed E-state index contributed by atoms with van der Waals surface area (Å²) in [7, 11) is 0. The van der Waals surface area contributed by atoms with Crippen LogP contribution in [0, 0.1) is 0 Å². The second-order valence-corrected chi connectivity index (χ2v) is 6.16. The van der Waals surface area contributed by atoms with E-state index in [2.05, 4.69) is 41.5 Å². The average molecular weight is 385 g/mol. The first-order valence-electron chi connectivity index (χ1n) is 7.46. The van der Waals surface area contributed by atoms with Crippen LogP contribution in [0.25, 0.3) is 0 Å². The summed E-state index contributed by atoms with van der Waals surface area (Å²) in [6.07, 6.45) is 0. The Hall–Kier alpha value is -2.67. The fourth-order valence-corrected chi connectivity index (χ4v) is 2.43. The molecule has 24 heavy (non-hydrogen) atoms. The van der Waals surface area contributed by atoms with Crippen molar-refractivity contribution in [2.45, 2.75) is 13.0 Å². The third-order valence-corrected chi connectivity index (χ3v) is 3.84. The zero-order valence-corrected chi connectivity index (χ0v) is 14.7. The van der Waals surface area contributed by atoms with Gasteiger partial charge in [-0.1, -0.05) is 34.1 Å². The van der Waals surface area contributed by atoms with Gasteiger partial charge in [0.1, 0.15) is 0 Å². The van der Waals surface area contributed by atoms with E-state index in [4.69, 9.17) is 5.73 Å².